The Morgan fingerprint density at radius 3 is 2.47 bits per heavy atom. The Labute approximate surface area is 179 Å². The quantitative estimate of drug-likeness (QED) is 0.262. The second-order valence-electron chi connectivity index (χ2n) is 8.38. The molecule has 146 valence electrons. The zero-order valence-electron chi connectivity index (χ0n) is 17.7. The fourth-order valence-electron chi connectivity index (χ4n) is 4.75. The highest BCUT2D eigenvalue weighted by Gasteiger charge is 2.24. The number of thiophene rings is 1. The number of rotatable bonds is 1. The molecule has 3 heteroatoms. The first-order valence-electron chi connectivity index (χ1n) is 10.4. The Morgan fingerprint density at radius 2 is 1.60 bits per heavy atom. The average Bonchev–Trinajstić information content (AvgIpc) is 3.25. The van der Waals surface area contributed by atoms with Gasteiger partial charge in [0.1, 0.15) is 11.0 Å². The number of fused-ring (bicyclic) bond motifs is 6. The summed E-state index contributed by atoms with van der Waals surface area (Å²) in [6.45, 7) is 6.63. The SMILES string of the molecule is Cc1ccc2c(c1)c1ccc(C)c(C)c1n2-c1cc2sc3ccccc3c2c[n+]1C. The molecule has 0 saturated carbocycles. The van der Waals surface area contributed by atoms with E-state index in [1.807, 2.05) is 11.3 Å². The van der Waals surface area contributed by atoms with Gasteiger partial charge >= 0.3 is 0 Å². The Balaban J connectivity index is 1.80. The van der Waals surface area contributed by atoms with E-state index in [0.29, 0.717) is 0 Å². The third-order valence-corrected chi connectivity index (χ3v) is 7.58. The lowest BCUT2D eigenvalue weighted by Crippen LogP contribution is -2.33. The van der Waals surface area contributed by atoms with Crippen molar-refractivity contribution < 1.29 is 4.57 Å². The highest BCUT2D eigenvalue weighted by Crippen LogP contribution is 2.37. The van der Waals surface area contributed by atoms with Gasteiger partial charge in [0.05, 0.1) is 13.2 Å². The maximum Gasteiger partial charge on any atom is 0.288 e. The van der Waals surface area contributed by atoms with Crippen molar-refractivity contribution in [2.45, 2.75) is 20.8 Å². The molecule has 0 radical (unpaired) electrons. The Kier molecular flexibility index (Phi) is 3.63. The topological polar surface area (TPSA) is 8.81 Å². The van der Waals surface area contributed by atoms with Gasteiger partial charge in [-0.05, 0) is 56.2 Å². The Morgan fingerprint density at radius 1 is 0.767 bits per heavy atom. The summed E-state index contributed by atoms with van der Waals surface area (Å²) in [6.07, 6.45) is 2.29. The van der Waals surface area contributed by atoms with Crippen LogP contribution in [0, 0.1) is 20.8 Å². The van der Waals surface area contributed by atoms with Crippen LogP contribution in [-0.4, -0.2) is 4.57 Å². The predicted octanol–water partition coefficient (Wildman–Crippen LogP) is 6.90. The summed E-state index contributed by atoms with van der Waals surface area (Å²) in [5.41, 5.74) is 6.54. The van der Waals surface area contributed by atoms with Crippen LogP contribution in [0.15, 0.2) is 66.9 Å². The molecule has 0 amide bonds. The van der Waals surface area contributed by atoms with Crippen molar-refractivity contribution in [2.24, 2.45) is 7.05 Å². The molecule has 0 aliphatic carbocycles. The van der Waals surface area contributed by atoms with Gasteiger partial charge in [0.25, 0.3) is 5.82 Å². The number of pyridine rings is 1. The molecule has 0 fully saturated rings. The van der Waals surface area contributed by atoms with Crippen LogP contribution in [-0.2, 0) is 7.05 Å². The average molecular weight is 408 g/mol. The van der Waals surface area contributed by atoms with Crippen LogP contribution in [0.4, 0.5) is 0 Å². The van der Waals surface area contributed by atoms with Crippen molar-refractivity contribution in [3.8, 4) is 5.82 Å². The fourth-order valence-corrected chi connectivity index (χ4v) is 5.86. The Bertz CT molecular complexity index is 1630. The van der Waals surface area contributed by atoms with Gasteiger partial charge < -0.3 is 0 Å². The lowest BCUT2D eigenvalue weighted by atomic mass is 10.0. The van der Waals surface area contributed by atoms with E-state index in [2.05, 4.69) is 104 Å². The molecule has 0 aliphatic rings. The van der Waals surface area contributed by atoms with E-state index in [-0.39, 0.29) is 0 Å². The van der Waals surface area contributed by atoms with Gasteiger partial charge in [0, 0.05) is 37.0 Å². The minimum Gasteiger partial charge on any atom is -0.236 e. The van der Waals surface area contributed by atoms with Gasteiger partial charge in [-0.15, -0.1) is 11.3 Å². The van der Waals surface area contributed by atoms with Crippen molar-refractivity contribution in [2.75, 3.05) is 0 Å². The van der Waals surface area contributed by atoms with Gasteiger partial charge in [-0.25, -0.2) is 4.57 Å². The lowest BCUT2D eigenvalue weighted by Gasteiger charge is -2.07. The molecule has 6 aromatic rings. The first-order chi connectivity index (χ1) is 14.5. The van der Waals surface area contributed by atoms with E-state index in [1.54, 1.807) is 0 Å². The molecule has 2 nitrogen and oxygen atoms in total. The fraction of sp³-hybridized carbons (Fsp3) is 0.148. The summed E-state index contributed by atoms with van der Waals surface area (Å²) in [6, 6.07) is 22.4. The maximum atomic E-state index is 2.45. The van der Waals surface area contributed by atoms with Crippen LogP contribution in [0.3, 0.4) is 0 Å². The smallest absolute Gasteiger partial charge is 0.236 e. The van der Waals surface area contributed by atoms with Gasteiger partial charge in [-0.1, -0.05) is 35.9 Å². The van der Waals surface area contributed by atoms with Gasteiger partial charge in [-0.3, -0.25) is 0 Å². The number of aromatic nitrogens is 2. The number of hydrogen-bond donors (Lipinski definition) is 0. The second-order valence-corrected chi connectivity index (χ2v) is 9.46. The molecule has 6 rings (SSSR count). The van der Waals surface area contributed by atoms with E-state index in [9.17, 15) is 0 Å². The zero-order valence-corrected chi connectivity index (χ0v) is 18.5. The molecule has 0 N–H and O–H groups in total. The molecular weight excluding hydrogens is 384 g/mol. The molecule has 0 saturated heterocycles. The molecule has 30 heavy (non-hydrogen) atoms. The lowest BCUT2D eigenvalue weighted by molar-refractivity contribution is -0.664. The second kappa shape index (κ2) is 6.16. The highest BCUT2D eigenvalue weighted by molar-refractivity contribution is 7.25. The molecule has 3 aromatic carbocycles. The van der Waals surface area contributed by atoms with Gasteiger partial charge in [0.15, 0.2) is 0 Å². The van der Waals surface area contributed by atoms with Crippen LogP contribution >= 0.6 is 11.3 Å². The molecule has 3 aromatic heterocycles. The van der Waals surface area contributed by atoms with Crippen molar-refractivity contribution >= 4 is 53.3 Å². The molecule has 0 atom stereocenters. The van der Waals surface area contributed by atoms with Crippen molar-refractivity contribution in [1.82, 2.24) is 4.57 Å². The maximum absolute atomic E-state index is 2.45. The predicted molar refractivity (Wildman–Crippen MR) is 129 cm³/mol. The number of aryl methyl sites for hydroxylation is 4. The van der Waals surface area contributed by atoms with Gasteiger partial charge in [-0.2, -0.15) is 4.57 Å². The minimum atomic E-state index is 1.20. The summed E-state index contributed by atoms with van der Waals surface area (Å²) >= 11 is 1.88. The largest absolute Gasteiger partial charge is 0.288 e. The van der Waals surface area contributed by atoms with Crippen molar-refractivity contribution in [3.05, 3.63) is 83.6 Å². The molecule has 0 aliphatic heterocycles. The standard InChI is InChI=1S/C27H23N2S/c1-16-9-12-23-21(13-16)20-11-10-17(2)18(3)27(20)29(23)26-14-25-22(15-28(26)4)19-7-5-6-8-24(19)30-25/h5-15H,1-4H3/q+1. The van der Waals surface area contributed by atoms with Gasteiger partial charge in [0.2, 0.25) is 0 Å². The van der Waals surface area contributed by atoms with E-state index in [4.69, 9.17) is 0 Å². The molecule has 3 heterocycles. The highest BCUT2D eigenvalue weighted by atomic mass is 32.1. The van der Waals surface area contributed by atoms with Crippen molar-refractivity contribution in [3.63, 3.8) is 0 Å². The van der Waals surface area contributed by atoms with E-state index in [1.165, 1.54) is 64.5 Å². The summed E-state index contributed by atoms with van der Waals surface area (Å²) < 4.78 is 7.41. The number of nitrogens with zero attached hydrogens (tertiary/aromatic N) is 2. The molecular formula is C27H23N2S+. The first-order valence-corrected chi connectivity index (χ1v) is 11.2. The summed E-state index contributed by atoms with van der Waals surface area (Å²) in [7, 11) is 2.16. The summed E-state index contributed by atoms with van der Waals surface area (Å²) in [4.78, 5) is 0. The molecule has 0 spiro atoms. The third-order valence-electron chi connectivity index (χ3n) is 6.44. The van der Waals surface area contributed by atoms with Crippen molar-refractivity contribution in [1.29, 1.82) is 0 Å². The number of benzene rings is 3. The monoisotopic (exact) mass is 407 g/mol. The summed E-state index contributed by atoms with van der Waals surface area (Å²) in [5.74, 6) is 1.20. The first kappa shape index (κ1) is 17.7. The van der Waals surface area contributed by atoms with Crippen LogP contribution in [0.25, 0.3) is 47.8 Å². The summed E-state index contributed by atoms with van der Waals surface area (Å²) in [5, 5.41) is 5.31. The zero-order chi connectivity index (χ0) is 20.6. The molecule has 0 unspecified atom stereocenters. The minimum absolute atomic E-state index is 1.20. The van der Waals surface area contributed by atoms with Crippen LogP contribution in [0.1, 0.15) is 16.7 Å². The Hall–Kier alpha value is -3.17. The normalized spacial score (nSPS) is 12.0. The number of hydrogen-bond acceptors (Lipinski definition) is 1. The van der Waals surface area contributed by atoms with Crippen LogP contribution in [0.2, 0.25) is 0 Å². The third kappa shape index (κ3) is 2.33. The molecule has 0 bridgehead atoms. The van der Waals surface area contributed by atoms with E-state index < -0.39 is 0 Å². The van der Waals surface area contributed by atoms with Crippen LogP contribution < -0.4 is 4.57 Å². The van der Waals surface area contributed by atoms with E-state index >= 15 is 0 Å². The van der Waals surface area contributed by atoms with Crippen LogP contribution in [0.5, 0.6) is 0 Å². The van der Waals surface area contributed by atoms with E-state index in [0.717, 1.165) is 0 Å².